The summed E-state index contributed by atoms with van der Waals surface area (Å²) in [7, 11) is -3.63. The van der Waals surface area contributed by atoms with Crippen LogP contribution in [0.5, 0.6) is 0 Å². The predicted molar refractivity (Wildman–Crippen MR) is 131 cm³/mol. The molecule has 0 saturated heterocycles. The summed E-state index contributed by atoms with van der Waals surface area (Å²) in [6.07, 6.45) is 0. The van der Waals surface area contributed by atoms with Crippen LogP contribution in [0.15, 0.2) is 0 Å². The summed E-state index contributed by atoms with van der Waals surface area (Å²) in [5.74, 6) is -2.88. The summed E-state index contributed by atoms with van der Waals surface area (Å²) in [5, 5.41) is 21.4. The first-order chi connectivity index (χ1) is 14.0. The van der Waals surface area contributed by atoms with Crippen LogP contribution in [0.3, 0.4) is 0 Å². The number of carbonyl (C=O) groups excluding carboxylic acids is 2. The van der Waals surface area contributed by atoms with E-state index in [1.165, 1.54) is 0 Å². The van der Waals surface area contributed by atoms with E-state index < -0.39 is 40.7 Å². The quantitative estimate of drug-likeness (QED) is 0.384. The van der Waals surface area contributed by atoms with E-state index in [0.29, 0.717) is 13.2 Å². The molecule has 0 aromatic heterocycles. The molecule has 0 unspecified atom stereocenters. The van der Waals surface area contributed by atoms with Crippen LogP contribution in [0.1, 0.15) is 55.4 Å². The van der Waals surface area contributed by atoms with Crippen LogP contribution in [0, 0.1) is 11.8 Å². The second-order valence-electron chi connectivity index (χ2n) is 11.8. The van der Waals surface area contributed by atoms with Crippen molar-refractivity contribution in [3.05, 3.63) is 0 Å². The first kappa shape index (κ1) is 37.3. The molecule has 11 heteroatoms. The standard InChI is InChI=1S/2C11H25NO3Si.Cu/c2*1-8(9(12)10(13)14)7-15-16(5,6)11(2,3)4;/h2*8-9H,7,12H2,1-6H3,(H,13,14);/q;;+2/p-2/t2*8-,9-;/m11./s1. The van der Waals surface area contributed by atoms with Gasteiger partial charge in [0.05, 0.1) is 11.9 Å². The average Bonchev–Trinajstić information content (AvgIpc) is 2.61. The van der Waals surface area contributed by atoms with Crippen molar-refractivity contribution in [1.82, 2.24) is 0 Å². The molecule has 0 heterocycles. The molecule has 0 spiro atoms. The third-order valence-corrected chi connectivity index (χ3v) is 15.8. The molecule has 0 aromatic carbocycles. The molecule has 0 saturated carbocycles. The number of carbonyl (C=O) groups is 2. The van der Waals surface area contributed by atoms with Crippen LogP contribution in [-0.2, 0) is 35.5 Å². The van der Waals surface area contributed by atoms with Gasteiger partial charge in [-0.2, -0.15) is 0 Å². The minimum atomic E-state index is -1.82. The fourth-order valence-corrected chi connectivity index (χ4v) is 4.01. The number of carboxylic acid groups (broad SMARTS) is 2. The van der Waals surface area contributed by atoms with Gasteiger partial charge in [0.1, 0.15) is 0 Å². The van der Waals surface area contributed by atoms with E-state index in [1.807, 2.05) is 0 Å². The Labute approximate surface area is 214 Å². The fourth-order valence-electron chi connectivity index (χ4n) is 1.78. The molecule has 0 fully saturated rings. The minimum Gasteiger partial charge on any atom is -0.548 e. The number of aliphatic carboxylic acids is 2. The molecular weight excluding hydrogens is 508 g/mol. The molecule has 8 nitrogen and oxygen atoms in total. The molecule has 0 amide bonds. The maximum absolute atomic E-state index is 10.6. The fraction of sp³-hybridized carbons (Fsp3) is 0.909. The number of hydrogen-bond donors (Lipinski definition) is 2. The van der Waals surface area contributed by atoms with Crippen molar-refractivity contribution in [3.63, 3.8) is 0 Å². The Balaban J connectivity index is -0.000000529. The summed E-state index contributed by atoms with van der Waals surface area (Å²) >= 11 is 0. The van der Waals surface area contributed by atoms with E-state index in [2.05, 4.69) is 67.7 Å². The first-order valence-corrected chi connectivity index (χ1v) is 17.0. The Morgan fingerprint density at radius 1 is 0.727 bits per heavy atom. The summed E-state index contributed by atoms with van der Waals surface area (Å²) in [6, 6.07) is -1.91. The van der Waals surface area contributed by atoms with Gasteiger partial charge in [-0.3, -0.25) is 0 Å². The zero-order chi connectivity index (χ0) is 26.3. The van der Waals surface area contributed by atoms with E-state index in [0.717, 1.165) is 0 Å². The van der Waals surface area contributed by atoms with E-state index in [4.69, 9.17) is 20.3 Å². The SMILES string of the molecule is C[C@H](CO[Si](C)(C)C(C)(C)C)[C@@H](N)C(=O)[O-].C[C@H](CO[Si](C)(C)C(C)(C)C)[C@@H](N)C(=O)[O-].[Cu+2]. The van der Waals surface area contributed by atoms with Crippen molar-refractivity contribution in [1.29, 1.82) is 0 Å². The van der Waals surface area contributed by atoms with Gasteiger partial charge < -0.3 is 40.1 Å². The van der Waals surface area contributed by atoms with Gasteiger partial charge in [0.25, 0.3) is 0 Å². The molecule has 201 valence electrons. The first-order valence-electron chi connectivity index (χ1n) is 11.2. The Morgan fingerprint density at radius 3 is 1.09 bits per heavy atom. The third kappa shape index (κ3) is 13.4. The Kier molecular flexibility index (Phi) is 16.2. The van der Waals surface area contributed by atoms with Crippen molar-refractivity contribution in [2.24, 2.45) is 23.3 Å². The maximum Gasteiger partial charge on any atom is 2.00 e. The summed E-state index contributed by atoms with van der Waals surface area (Å²) in [4.78, 5) is 21.2. The maximum atomic E-state index is 10.6. The Hall–Kier alpha value is -0.267. The van der Waals surface area contributed by atoms with E-state index >= 15 is 0 Å². The van der Waals surface area contributed by atoms with E-state index in [1.54, 1.807) is 13.8 Å². The van der Waals surface area contributed by atoms with Gasteiger partial charge >= 0.3 is 17.1 Å². The molecule has 33 heavy (non-hydrogen) atoms. The predicted octanol–water partition coefficient (Wildman–Crippen LogP) is 1.44. The monoisotopic (exact) mass is 555 g/mol. The van der Waals surface area contributed by atoms with Crippen molar-refractivity contribution in [2.45, 2.75) is 104 Å². The number of carboxylic acids is 2. The molecule has 1 radical (unpaired) electrons. The normalized spacial score (nSPS) is 16.4. The second kappa shape index (κ2) is 14.3. The van der Waals surface area contributed by atoms with Gasteiger partial charge in [-0.1, -0.05) is 55.4 Å². The van der Waals surface area contributed by atoms with E-state index in [-0.39, 0.29) is 39.0 Å². The van der Waals surface area contributed by atoms with Crippen molar-refractivity contribution < 1.29 is 45.7 Å². The molecular formula is C22H48CuN2O6Si2. The van der Waals surface area contributed by atoms with Gasteiger partial charge in [-0.25, -0.2) is 0 Å². The molecule has 0 aliphatic carbocycles. The van der Waals surface area contributed by atoms with Gasteiger partial charge in [-0.05, 0) is 48.1 Å². The van der Waals surface area contributed by atoms with Gasteiger partial charge in [0.2, 0.25) is 0 Å². The smallest absolute Gasteiger partial charge is 0.548 e. The van der Waals surface area contributed by atoms with Crippen LogP contribution in [0.2, 0.25) is 36.3 Å². The zero-order valence-electron chi connectivity index (χ0n) is 22.6. The molecule has 4 atom stereocenters. The molecule has 0 rings (SSSR count). The largest absolute Gasteiger partial charge is 2.00 e. The zero-order valence-corrected chi connectivity index (χ0v) is 25.6. The summed E-state index contributed by atoms with van der Waals surface area (Å²) in [6.45, 7) is 25.7. The number of rotatable bonds is 10. The van der Waals surface area contributed by atoms with Crippen LogP contribution < -0.4 is 21.7 Å². The topological polar surface area (TPSA) is 151 Å². The summed E-state index contributed by atoms with van der Waals surface area (Å²) in [5.41, 5.74) is 10.9. The van der Waals surface area contributed by atoms with Gasteiger partial charge in [0, 0.05) is 25.3 Å². The molecule has 0 aromatic rings. The van der Waals surface area contributed by atoms with Crippen molar-refractivity contribution in [3.8, 4) is 0 Å². The molecule has 0 bridgehead atoms. The average molecular weight is 556 g/mol. The van der Waals surface area contributed by atoms with Crippen LogP contribution in [0.25, 0.3) is 0 Å². The van der Waals surface area contributed by atoms with Crippen LogP contribution in [0.4, 0.5) is 0 Å². The Bertz CT molecular complexity index is 555. The third-order valence-electron chi connectivity index (χ3n) is 6.80. The van der Waals surface area contributed by atoms with Crippen molar-refractivity contribution in [2.75, 3.05) is 13.2 Å². The number of hydrogen-bond acceptors (Lipinski definition) is 8. The molecule has 0 aliphatic heterocycles. The van der Waals surface area contributed by atoms with Gasteiger partial charge in [0.15, 0.2) is 16.6 Å². The van der Waals surface area contributed by atoms with Gasteiger partial charge in [-0.15, -0.1) is 0 Å². The number of nitrogens with two attached hydrogens (primary N) is 2. The molecule has 4 N–H and O–H groups in total. The van der Waals surface area contributed by atoms with E-state index in [9.17, 15) is 19.8 Å². The molecule has 0 aliphatic rings. The second-order valence-corrected chi connectivity index (χ2v) is 21.4. The van der Waals surface area contributed by atoms with Crippen molar-refractivity contribution >= 4 is 28.6 Å². The van der Waals surface area contributed by atoms with Crippen LogP contribution in [-0.4, -0.2) is 53.9 Å². The summed E-state index contributed by atoms with van der Waals surface area (Å²) < 4.78 is 11.8. The Morgan fingerprint density at radius 2 is 0.939 bits per heavy atom. The van der Waals surface area contributed by atoms with Crippen LogP contribution >= 0.6 is 0 Å². The minimum absolute atomic E-state index is 0.